The van der Waals surface area contributed by atoms with Gasteiger partial charge in [0, 0.05) is 10.7 Å². The topological polar surface area (TPSA) is 65.8 Å². The molecule has 1 aromatic heterocycles. The fourth-order valence-electron chi connectivity index (χ4n) is 1.43. The van der Waals surface area contributed by atoms with Crippen LogP contribution in [-0.2, 0) is 0 Å². The van der Waals surface area contributed by atoms with E-state index in [1.165, 1.54) is 0 Å². The Morgan fingerprint density at radius 2 is 2.11 bits per heavy atom. The highest BCUT2D eigenvalue weighted by atomic mass is 79.9. The van der Waals surface area contributed by atoms with Gasteiger partial charge in [0.05, 0.1) is 22.9 Å². The van der Waals surface area contributed by atoms with Gasteiger partial charge in [0.1, 0.15) is 4.60 Å². The van der Waals surface area contributed by atoms with Crippen LogP contribution in [0.15, 0.2) is 45.6 Å². The number of hydrogen-bond donors (Lipinski definition) is 1. The van der Waals surface area contributed by atoms with E-state index < -0.39 is 0 Å². The highest BCUT2D eigenvalue weighted by Crippen LogP contribution is 2.24. The fraction of sp³-hybridized carbons (Fsp3) is 0. The zero-order valence-corrected chi connectivity index (χ0v) is 12.7. The molecule has 4 nitrogen and oxygen atoms in total. The quantitative estimate of drug-likeness (QED) is 0.807. The minimum absolute atomic E-state index is 0.273. The van der Waals surface area contributed by atoms with Crippen LogP contribution in [-0.4, -0.2) is 10.9 Å². The highest BCUT2D eigenvalue weighted by molar-refractivity contribution is 9.10. The third kappa shape index (κ3) is 3.19. The molecular weight excluding hydrogens is 374 g/mol. The molecule has 1 amide bonds. The Labute approximate surface area is 126 Å². The second-order valence-electron chi connectivity index (χ2n) is 3.60. The third-order valence-corrected chi connectivity index (χ3v) is 3.64. The number of carbonyl (C=O) groups is 1. The van der Waals surface area contributed by atoms with Gasteiger partial charge in [-0.05, 0) is 62.2 Å². The molecule has 2 rings (SSSR count). The summed E-state index contributed by atoms with van der Waals surface area (Å²) in [5, 5.41) is 11.5. The maximum absolute atomic E-state index is 12.1. The molecular formula is C13H7Br2N3O. The van der Waals surface area contributed by atoms with Gasteiger partial charge in [-0.1, -0.05) is 0 Å². The Hall–Kier alpha value is -1.71. The van der Waals surface area contributed by atoms with Crippen molar-refractivity contribution in [2.24, 2.45) is 0 Å². The summed E-state index contributed by atoms with van der Waals surface area (Å²) in [7, 11) is 0. The Bertz CT molecular complexity index is 680. The predicted octanol–water partition coefficient (Wildman–Crippen LogP) is 3.73. The molecule has 0 spiro atoms. The molecule has 6 heteroatoms. The van der Waals surface area contributed by atoms with Crippen molar-refractivity contribution in [2.45, 2.75) is 0 Å². The van der Waals surface area contributed by atoms with E-state index in [1.807, 2.05) is 6.07 Å². The minimum Gasteiger partial charge on any atom is -0.321 e. The predicted molar refractivity (Wildman–Crippen MR) is 78.7 cm³/mol. The molecule has 0 aliphatic rings. The van der Waals surface area contributed by atoms with E-state index in [2.05, 4.69) is 42.2 Å². The number of pyridine rings is 1. The maximum Gasteiger partial charge on any atom is 0.258 e. The normalized spacial score (nSPS) is 9.74. The van der Waals surface area contributed by atoms with Gasteiger partial charge < -0.3 is 5.32 Å². The Morgan fingerprint density at radius 3 is 2.74 bits per heavy atom. The van der Waals surface area contributed by atoms with Crippen molar-refractivity contribution >= 4 is 43.5 Å². The lowest BCUT2D eigenvalue weighted by Gasteiger charge is -2.08. The largest absolute Gasteiger partial charge is 0.321 e. The lowest BCUT2D eigenvalue weighted by molar-refractivity contribution is 0.102. The number of nitrogens with zero attached hydrogens (tertiary/aromatic N) is 2. The van der Waals surface area contributed by atoms with Crippen molar-refractivity contribution in [1.29, 1.82) is 5.26 Å². The zero-order valence-electron chi connectivity index (χ0n) is 9.52. The van der Waals surface area contributed by atoms with Gasteiger partial charge in [-0.2, -0.15) is 5.26 Å². The second-order valence-corrected chi connectivity index (χ2v) is 5.21. The lowest BCUT2D eigenvalue weighted by Crippen LogP contribution is -2.13. The maximum atomic E-state index is 12.1. The summed E-state index contributed by atoms with van der Waals surface area (Å²) >= 11 is 6.54. The van der Waals surface area contributed by atoms with E-state index in [4.69, 9.17) is 5.26 Å². The standard InChI is InChI=1S/C13H7Br2N3O/c14-10-6-8(7-16)3-4-11(10)18-13(19)9-2-1-5-17-12(9)15/h1-6H,(H,18,19). The van der Waals surface area contributed by atoms with E-state index in [9.17, 15) is 4.79 Å². The number of nitrogens with one attached hydrogen (secondary N) is 1. The molecule has 0 aliphatic heterocycles. The number of nitriles is 1. The molecule has 0 saturated heterocycles. The van der Waals surface area contributed by atoms with Crippen LogP contribution in [0.5, 0.6) is 0 Å². The summed E-state index contributed by atoms with van der Waals surface area (Å²) in [5.74, 6) is -0.273. The van der Waals surface area contributed by atoms with Gasteiger partial charge in [-0.15, -0.1) is 0 Å². The van der Waals surface area contributed by atoms with E-state index in [-0.39, 0.29) is 5.91 Å². The van der Waals surface area contributed by atoms with E-state index in [0.717, 1.165) is 0 Å². The fourth-order valence-corrected chi connectivity index (χ4v) is 2.34. The van der Waals surface area contributed by atoms with Crippen LogP contribution in [0, 0.1) is 11.3 Å². The van der Waals surface area contributed by atoms with Crippen molar-refractivity contribution < 1.29 is 4.79 Å². The molecule has 1 aromatic carbocycles. The van der Waals surface area contributed by atoms with E-state index >= 15 is 0 Å². The van der Waals surface area contributed by atoms with Crippen LogP contribution in [0.25, 0.3) is 0 Å². The molecule has 0 radical (unpaired) electrons. The number of halogens is 2. The van der Waals surface area contributed by atoms with Gasteiger partial charge in [0.25, 0.3) is 5.91 Å². The summed E-state index contributed by atoms with van der Waals surface area (Å²) in [6.45, 7) is 0. The first-order chi connectivity index (χ1) is 9.11. The van der Waals surface area contributed by atoms with Crippen LogP contribution in [0.2, 0.25) is 0 Å². The number of hydrogen-bond acceptors (Lipinski definition) is 3. The number of carbonyl (C=O) groups excluding carboxylic acids is 1. The number of rotatable bonds is 2. The third-order valence-electron chi connectivity index (χ3n) is 2.35. The van der Waals surface area contributed by atoms with Crippen molar-refractivity contribution in [2.75, 3.05) is 5.32 Å². The molecule has 2 aromatic rings. The molecule has 0 fully saturated rings. The van der Waals surface area contributed by atoms with Gasteiger partial charge >= 0.3 is 0 Å². The average Bonchev–Trinajstić information content (AvgIpc) is 2.41. The SMILES string of the molecule is N#Cc1ccc(NC(=O)c2cccnc2Br)c(Br)c1. The highest BCUT2D eigenvalue weighted by Gasteiger charge is 2.12. The van der Waals surface area contributed by atoms with Crippen molar-refractivity contribution in [1.82, 2.24) is 4.98 Å². The summed E-state index contributed by atoms with van der Waals surface area (Å²) in [4.78, 5) is 16.1. The zero-order chi connectivity index (χ0) is 13.8. The molecule has 94 valence electrons. The summed E-state index contributed by atoms with van der Waals surface area (Å²) in [6.07, 6.45) is 1.60. The average molecular weight is 381 g/mol. The van der Waals surface area contributed by atoms with Gasteiger partial charge in [-0.3, -0.25) is 4.79 Å². The Kier molecular flexibility index (Phi) is 4.30. The molecule has 0 aliphatic carbocycles. The number of benzene rings is 1. The molecule has 0 bridgehead atoms. The summed E-state index contributed by atoms with van der Waals surface area (Å²) in [6, 6.07) is 10.3. The van der Waals surface area contributed by atoms with Crippen LogP contribution >= 0.6 is 31.9 Å². The van der Waals surface area contributed by atoms with Crippen LogP contribution < -0.4 is 5.32 Å². The second kappa shape index (κ2) is 5.95. The first-order valence-corrected chi connectivity index (χ1v) is 6.82. The van der Waals surface area contributed by atoms with E-state index in [0.29, 0.717) is 25.9 Å². The smallest absolute Gasteiger partial charge is 0.258 e. The van der Waals surface area contributed by atoms with Gasteiger partial charge in [0.2, 0.25) is 0 Å². The van der Waals surface area contributed by atoms with Crippen molar-refractivity contribution in [3.8, 4) is 6.07 Å². The Balaban J connectivity index is 2.25. The lowest BCUT2D eigenvalue weighted by atomic mass is 10.2. The summed E-state index contributed by atoms with van der Waals surface area (Å²) in [5.41, 5.74) is 1.56. The number of amides is 1. The van der Waals surface area contributed by atoms with Gasteiger partial charge in [0.15, 0.2) is 0 Å². The van der Waals surface area contributed by atoms with Crippen molar-refractivity contribution in [3.05, 3.63) is 56.7 Å². The molecule has 19 heavy (non-hydrogen) atoms. The van der Waals surface area contributed by atoms with Crippen LogP contribution in [0.4, 0.5) is 5.69 Å². The van der Waals surface area contributed by atoms with Crippen LogP contribution in [0.3, 0.4) is 0 Å². The number of aromatic nitrogens is 1. The first kappa shape index (κ1) is 13.7. The van der Waals surface area contributed by atoms with Crippen LogP contribution in [0.1, 0.15) is 15.9 Å². The molecule has 1 N–H and O–H groups in total. The van der Waals surface area contributed by atoms with Crippen molar-refractivity contribution in [3.63, 3.8) is 0 Å². The number of anilines is 1. The Morgan fingerprint density at radius 1 is 1.32 bits per heavy atom. The molecule has 0 atom stereocenters. The van der Waals surface area contributed by atoms with Gasteiger partial charge in [-0.25, -0.2) is 4.98 Å². The minimum atomic E-state index is -0.273. The summed E-state index contributed by atoms with van der Waals surface area (Å²) < 4.78 is 1.14. The first-order valence-electron chi connectivity index (χ1n) is 5.23. The molecule has 1 heterocycles. The van der Waals surface area contributed by atoms with E-state index in [1.54, 1.807) is 36.5 Å². The molecule has 0 saturated carbocycles. The molecule has 0 unspecified atom stereocenters. The monoisotopic (exact) mass is 379 g/mol.